The molecular weight excluding hydrogens is 298 g/mol. The highest BCUT2D eigenvalue weighted by Crippen LogP contribution is 2.60. The third kappa shape index (κ3) is 3.70. The van der Waals surface area contributed by atoms with Crippen LogP contribution in [0.1, 0.15) is 25.3 Å². The fourth-order valence-corrected chi connectivity index (χ4v) is 3.65. The second-order valence-corrected chi connectivity index (χ2v) is 6.34. The lowest BCUT2D eigenvalue weighted by Gasteiger charge is -2.23. The summed E-state index contributed by atoms with van der Waals surface area (Å²) in [5, 5.41) is 10.8. The lowest BCUT2D eigenvalue weighted by molar-refractivity contribution is 0.150. The Morgan fingerprint density at radius 2 is 1.83 bits per heavy atom. The van der Waals surface area contributed by atoms with Gasteiger partial charge < -0.3 is 14.2 Å². The summed E-state index contributed by atoms with van der Waals surface area (Å²) >= 11 is 11.7. The minimum absolute atomic E-state index is 0.166. The van der Waals surface area contributed by atoms with Crippen LogP contribution in [0.2, 0.25) is 10.0 Å². The van der Waals surface area contributed by atoms with Crippen LogP contribution in [0, 0.1) is 0 Å². The van der Waals surface area contributed by atoms with Gasteiger partial charge in [0.1, 0.15) is 0 Å². The van der Waals surface area contributed by atoms with Gasteiger partial charge in [0.15, 0.2) is 5.85 Å². The third-order valence-electron chi connectivity index (χ3n) is 2.16. The van der Waals surface area contributed by atoms with Gasteiger partial charge in [-0.2, -0.15) is 0 Å². The summed E-state index contributed by atoms with van der Waals surface area (Å²) in [4.78, 5) is 0. The summed E-state index contributed by atoms with van der Waals surface area (Å²) < 4.78 is 22.5. The van der Waals surface area contributed by atoms with E-state index in [9.17, 15) is 9.67 Å². The van der Waals surface area contributed by atoms with E-state index in [0.29, 0.717) is 5.02 Å². The van der Waals surface area contributed by atoms with E-state index in [2.05, 4.69) is 0 Å². The van der Waals surface area contributed by atoms with Gasteiger partial charge in [0.25, 0.3) is 0 Å². The van der Waals surface area contributed by atoms with Crippen molar-refractivity contribution in [1.82, 2.24) is 0 Å². The summed E-state index contributed by atoms with van der Waals surface area (Å²) in [6, 6.07) is 4.51. The SMILES string of the molecule is CCOP(=O)(OCC)[C@H](O)c1ccc(Cl)cc1Cl. The van der Waals surface area contributed by atoms with E-state index in [-0.39, 0.29) is 23.8 Å². The van der Waals surface area contributed by atoms with E-state index in [1.807, 2.05) is 0 Å². The fraction of sp³-hybridized carbons (Fsp3) is 0.455. The van der Waals surface area contributed by atoms with Gasteiger partial charge in [-0.15, -0.1) is 0 Å². The Balaban J connectivity index is 3.09. The van der Waals surface area contributed by atoms with Crippen molar-refractivity contribution in [3.05, 3.63) is 33.8 Å². The second-order valence-electron chi connectivity index (χ2n) is 3.41. The van der Waals surface area contributed by atoms with Gasteiger partial charge in [0.2, 0.25) is 0 Å². The number of hydrogen-bond acceptors (Lipinski definition) is 4. The Morgan fingerprint density at radius 3 is 2.28 bits per heavy atom. The number of benzene rings is 1. The second kappa shape index (κ2) is 6.90. The summed E-state index contributed by atoms with van der Waals surface area (Å²) in [7, 11) is -3.65. The van der Waals surface area contributed by atoms with Crippen LogP contribution in [0.15, 0.2) is 18.2 Å². The van der Waals surface area contributed by atoms with Crippen molar-refractivity contribution in [1.29, 1.82) is 0 Å². The maximum atomic E-state index is 12.4. The average Bonchev–Trinajstić information content (AvgIpc) is 2.29. The zero-order chi connectivity index (χ0) is 13.8. The Kier molecular flexibility index (Phi) is 6.12. The van der Waals surface area contributed by atoms with Crippen LogP contribution in [-0.4, -0.2) is 18.3 Å². The first kappa shape index (κ1) is 16.0. The number of hydrogen-bond donors (Lipinski definition) is 1. The Labute approximate surface area is 116 Å². The van der Waals surface area contributed by atoms with Crippen molar-refractivity contribution in [3.8, 4) is 0 Å². The van der Waals surface area contributed by atoms with E-state index in [1.54, 1.807) is 19.9 Å². The molecule has 0 saturated carbocycles. The highest BCUT2D eigenvalue weighted by Gasteiger charge is 2.36. The normalized spacial score (nSPS) is 13.6. The molecule has 1 atom stereocenters. The molecule has 0 bridgehead atoms. The molecule has 18 heavy (non-hydrogen) atoms. The minimum atomic E-state index is -3.65. The Bertz CT molecular complexity index is 443. The minimum Gasteiger partial charge on any atom is -0.376 e. The van der Waals surface area contributed by atoms with Gasteiger partial charge in [-0.1, -0.05) is 29.3 Å². The molecule has 0 radical (unpaired) electrons. The zero-order valence-corrected chi connectivity index (χ0v) is 12.5. The van der Waals surface area contributed by atoms with Crippen LogP contribution < -0.4 is 0 Å². The summed E-state index contributed by atoms with van der Waals surface area (Å²) in [5.41, 5.74) is 0.270. The van der Waals surface area contributed by atoms with Crippen LogP contribution >= 0.6 is 30.8 Å². The topological polar surface area (TPSA) is 55.8 Å². The number of halogens is 2. The van der Waals surface area contributed by atoms with Crippen LogP contribution in [0.4, 0.5) is 0 Å². The molecule has 1 aromatic carbocycles. The van der Waals surface area contributed by atoms with Gasteiger partial charge in [0, 0.05) is 15.6 Å². The lowest BCUT2D eigenvalue weighted by Crippen LogP contribution is -2.06. The molecule has 102 valence electrons. The predicted octanol–water partition coefficient (Wildman–Crippen LogP) is 4.25. The summed E-state index contributed by atoms with van der Waals surface area (Å²) in [5.74, 6) is -1.43. The number of aliphatic hydroxyl groups is 1. The monoisotopic (exact) mass is 312 g/mol. The van der Waals surface area contributed by atoms with E-state index in [4.69, 9.17) is 32.2 Å². The van der Waals surface area contributed by atoms with Crippen molar-refractivity contribution in [3.63, 3.8) is 0 Å². The summed E-state index contributed by atoms with van der Waals surface area (Å²) in [6.45, 7) is 3.67. The van der Waals surface area contributed by atoms with Crippen molar-refractivity contribution in [2.24, 2.45) is 0 Å². The van der Waals surface area contributed by atoms with Crippen molar-refractivity contribution in [2.75, 3.05) is 13.2 Å². The number of aliphatic hydroxyl groups excluding tert-OH is 1. The van der Waals surface area contributed by atoms with Crippen molar-refractivity contribution >= 4 is 30.8 Å². The predicted molar refractivity (Wildman–Crippen MR) is 72.3 cm³/mol. The van der Waals surface area contributed by atoms with Crippen molar-refractivity contribution in [2.45, 2.75) is 19.7 Å². The molecule has 0 unspecified atom stereocenters. The van der Waals surface area contributed by atoms with Crippen LogP contribution in [0.3, 0.4) is 0 Å². The molecule has 4 nitrogen and oxygen atoms in total. The Morgan fingerprint density at radius 1 is 1.28 bits per heavy atom. The van der Waals surface area contributed by atoms with Crippen LogP contribution in [0.5, 0.6) is 0 Å². The first-order chi connectivity index (χ1) is 8.44. The molecular formula is C11H15Cl2O4P. The first-order valence-electron chi connectivity index (χ1n) is 5.46. The standard InChI is InChI=1S/C11H15Cl2O4P/c1-3-16-18(15,17-4-2)11(14)9-6-5-8(12)7-10(9)13/h5-7,11,14H,3-4H2,1-2H3/t11-/m0/s1. The molecule has 1 rings (SSSR count). The fourth-order valence-electron chi connectivity index (χ4n) is 1.42. The summed E-state index contributed by atoms with van der Waals surface area (Å²) in [6.07, 6.45) is 0. The zero-order valence-electron chi connectivity index (χ0n) is 10.1. The lowest BCUT2D eigenvalue weighted by atomic mass is 10.2. The first-order valence-corrected chi connectivity index (χ1v) is 7.83. The van der Waals surface area contributed by atoms with Gasteiger partial charge in [-0.3, -0.25) is 4.57 Å². The van der Waals surface area contributed by atoms with Crippen LogP contribution in [0.25, 0.3) is 0 Å². The molecule has 1 aromatic rings. The molecule has 0 saturated heterocycles. The highest BCUT2D eigenvalue weighted by atomic mass is 35.5. The van der Waals surface area contributed by atoms with Crippen LogP contribution in [-0.2, 0) is 13.6 Å². The molecule has 0 aliphatic heterocycles. The molecule has 0 aliphatic rings. The van der Waals surface area contributed by atoms with E-state index < -0.39 is 13.4 Å². The molecule has 0 fully saturated rings. The van der Waals surface area contributed by atoms with E-state index >= 15 is 0 Å². The number of rotatable bonds is 6. The Hall–Kier alpha value is -0.0900. The molecule has 0 aromatic heterocycles. The van der Waals surface area contributed by atoms with E-state index in [1.165, 1.54) is 12.1 Å². The molecule has 7 heteroatoms. The smallest absolute Gasteiger partial charge is 0.363 e. The molecule has 0 spiro atoms. The third-order valence-corrected chi connectivity index (χ3v) is 4.83. The maximum Gasteiger partial charge on any atom is 0.363 e. The highest BCUT2D eigenvalue weighted by molar-refractivity contribution is 7.54. The van der Waals surface area contributed by atoms with Gasteiger partial charge in [0.05, 0.1) is 13.2 Å². The maximum absolute atomic E-state index is 12.4. The molecule has 1 N–H and O–H groups in total. The van der Waals surface area contributed by atoms with Gasteiger partial charge in [-0.25, -0.2) is 0 Å². The largest absolute Gasteiger partial charge is 0.376 e. The van der Waals surface area contributed by atoms with E-state index in [0.717, 1.165) is 0 Å². The van der Waals surface area contributed by atoms with Crippen molar-refractivity contribution < 1.29 is 18.7 Å². The van der Waals surface area contributed by atoms with Gasteiger partial charge >= 0.3 is 7.60 Å². The average molecular weight is 313 g/mol. The molecule has 0 aliphatic carbocycles. The van der Waals surface area contributed by atoms with Gasteiger partial charge in [-0.05, 0) is 26.0 Å². The molecule has 0 heterocycles. The quantitative estimate of drug-likeness (QED) is 0.798. The molecule has 0 amide bonds.